The summed E-state index contributed by atoms with van der Waals surface area (Å²) >= 11 is 0. The second kappa shape index (κ2) is 4.85. The monoisotopic (exact) mass is 284 g/mol. The molecule has 0 aliphatic heterocycles. The lowest BCUT2D eigenvalue weighted by atomic mass is 10.2. The number of nitrogens with one attached hydrogen (secondary N) is 1. The predicted molar refractivity (Wildman–Crippen MR) is 62.2 cm³/mol. The maximum Gasteiger partial charge on any atom is 0.185 e. The fourth-order valence-electron chi connectivity index (χ4n) is 1.74. The first kappa shape index (κ1) is 13.9. The number of nitriles is 1. The molecule has 4 nitrogen and oxygen atoms in total. The van der Waals surface area contributed by atoms with Gasteiger partial charge in [0.05, 0.1) is 5.69 Å². The summed E-state index contributed by atoms with van der Waals surface area (Å²) < 4.78 is 54.4. The lowest BCUT2D eigenvalue weighted by Gasteiger charge is -2.10. The minimum absolute atomic E-state index is 0.0240. The van der Waals surface area contributed by atoms with Gasteiger partial charge in [-0.3, -0.25) is 4.68 Å². The molecule has 0 spiro atoms. The Morgan fingerprint density at radius 1 is 1.20 bits per heavy atom. The molecule has 2 aromatic rings. The van der Waals surface area contributed by atoms with Gasteiger partial charge in [-0.1, -0.05) is 0 Å². The molecule has 0 unspecified atom stereocenters. The molecule has 1 aromatic heterocycles. The number of anilines is 2. The van der Waals surface area contributed by atoms with Crippen LogP contribution in [0.3, 0.4) is 0 Å². The molecule has 8 heteroatoms. The van der Waals surface area contributed by atoms with Crippen molar-refractivity contribution in [1.82, 2.24) is 9.78 Å². The lowest BCUT2D eigenvalue weighted by molar-refractivity contribution is 0.459. The zero-order chi connectivity index (χ0) is 15.0. The van der Waals surface area contributed by atoms with Crippen LogP contribution in [-0.4, -0.2) is 9.78 Å². The molecule has 1 heterocycles. The van der Waals surface area contributed by atoms with E-state index >= 15 is 0 Å². The van der Waals surface area contributed by atoms with Crippen molar-refractivity contribution in [3.63, 3.8) is 0 Å². The van der Waals surface area contributed by atoms with E-state index in [1.54, 1.807) is 6.07 Å². The molecule has 0 fully saturated rings. The van der Waals surface area contributed by atoms with Crippen LogP contribution in [0.4, 0.5) is 29.1 Å². The van der Waals surface area contributed by atoms with E-state index in [0.717, 1.165) is 4.68 Å². The summed E-state index contributed by atoms with van der Waals surface area (Å²) in [6.45, 7) is 1.52. The maximum atomic E-state index is 13.5. The third-order valence-electron chi connectivity index (χ3n) is 2.69. The average Bonchev–Trinajstić information content (AvgIpc) is 2.66. The highest BCUT2D eigenvalue weighted by Crippen LogP contribution is 2.29. The lowest BCUT2D eigenvalue weighted by Crippen LogP contribution is -2.07. The first-order chi connectivity index (χ1) is 9.36. The maximum absolute atomic E-state index is 13.5. The molecule has 2 rings (SSSR count). The molecule has 1 aromatic carbocycles. The molecule has 0 saturated heterocycles. The SMILES string of the molecule is Cc1nn(C)c(Nc2c(F)c(F)cc(F)c2F)c1C#N. The summed E-state index contributed by atoms with van der Waals surface area (Å²) in [5.74, 6) is -6.29. The first-order valence-electron chi connectivity index (χ1n) is 5.40. The summed E-state index contributed by atoms with van der Waals surface area (Å²) in [6, 6.07) is 1.90. The fourth-order valence-corrected chi connectivity index (χ4v) is 1.74. The average molecular weight is 284 g/mol. The van der Waals surface area contributed by atoms with Gasteiger partial charge in [-0.15, -0.1) is 0 Å². The zero-order valence-electron chi connectivity index (χ0n) is 10.4. The Labute approximate surface area is 111 Å². The van der Waals surface area contributed by atoms with Crippen molar-refractivity contribution in [2.45, 2.75) is 6.92 Å². The number of hydrogen-bond acceptors (Lipinski definition) is 3. The molecule has 104 valence electrons. The van der Waals surface area contributed by atoms with E-state index in [1.165, 1.54) is 14.0 Å². The van der Waals surface area contributed by atoms with Crippen molar-refractivity contribution >= 4 is 11.5 Å². The van der Waals surface area contributed by atoms with Crippen LogP contribution in [0.15, 0.2) is 6.07 Å². The van der Waals surface area contributed by atoms with Gasteiger partial charge in [-0.05, 0) is 6.92 Å². The van der Waals surface area contributed by atoms with E-state index in [4.69, 9.17) is 5.26 Å². The summed E-state index contributed by atoms with van der Waals surface area (Å²) in [5.41, 5.74) is -0.673. The highest BCUT2D eigenvalue weighted by Gasteiger charge is 2.22. The van der Waals surface area contributed by atoms with Crippen LogP contribution >= 0.6 is 0 Å². The van der Waals surface area contributed by atoms with Crippen LogP contribution in [-0.2, 0) is 7.05 Å². The van der Waals surface area contributed by atoms with Gasteiger partial charge in [0.2, 0.25) is 0 Å². The van der Waals surface area contributed by atoms with Gasteiger partial charge >= 0.3 is 0 Å². The van der Waals surface area contributed by atoms with Gasteiger partial charge in [0.1, 0.15) is 23.1 Å². The summed E-state index contributed by atoms with van der Waals surface area (Å²) in [6.07, 6.45) is 0. The zero-order valence-corrected chi connectivity index (χ0v) is 10.4. The summed E-state index contributed by atoms with van der Waals surface area (Å²) in [5, 5.41) is 15.0. The van der Waals surface area contributed by atoms with Crippen LogP contribution in [0, 0.1) is 41.5 Å². The van der Waals surface area contributed by atoms with Crippen LogP contribution in [0.2, 0.25) is 0 Å². The number of halogens is 4. The van der Waals surface area contributed by atoms with Crippen molar-refractivity contribution in [2.24, 2.45) is 7.05 Å². The van der Waals surface area contributed by atoms with Crippen molar-refractivity contribution in [3.8, 4) is 6.07 Å². The van der Waals surface area contributed by atoms with Gasteiger partial charge in [0.25, 0.3) is 0 Å². The first-order valence-corrected chi connectivity index (χ1v) is 5.40. The standard InChI is InChI=1S/C12H8F4N4/c1-5-6(4-17)12(20(2)19-5)18-11-9(15)7(13)3-8(14)10(11)16/h3,18H,1-2H3. The number of nitrogens with zero attached hydrogens (tertiary/aromatic N) is 3. The van der Waals surface area contributed by atoms with E-state index in [1.807, 2.05) is 0 Å². The predicted octanol–water partition coefficient (Wildman–Crippen LogP) is 2.90. The minimum Gasteiger partial charge on any atom is -0.334 e. The quantitative estimate of drug-likeness (QED) is 0.681. The van der Waals surface area contributed by atoms with E-state index < -0.39 is 29.0 Å². The highest BCUT2D eigenvalue weighted by atomic mass is 19.2. The second-order valence-electron chi connectivity index (χ2n) is 4.01. The van der Waals surface area contributed by atoms with Gasteiger partial charge in [0, 0.05) is 13.1 Å². The fraction of sp³-hybridized carbons (Fsp3) is 0.167. The third kappa shape index (κ3) is 2.07. The van der Waals surface area contributed by atoms with E-state index in [2.05, 4.69) is 10.4 Å². The van der Waals surface area contributed by atoms with E-state index in [0.29, 0.717) is 5.69 Å². The number of rotatable bonds is 2. The van der Waals surface area contributed by atoms with E-state index in [-0.39, 0.29) is 17.4 Å². The number of benzene rings is 1. The minimum atomic E-state index is -1.58. The number of aromatic nitrogens is 2. The molecular weight excluding hydrogens is 276 g/mol. The molecule has 0 aliphatic carbocycles. The highest BCUT2D eigenvalue weighted by molar-refractivity contribution is 5.65. The van der Waals surface area contributed by atoms with Gasteiger partial charge < -0.3 is 5.32 Å². The number of hydrogen-bond donors (Lipinski definition) is 1. The Balaban J connectivity index is 2.60. The van der Waals surface area contributed by atoms with Crippen LogP contribution in [0.1, 0.15) is 11.3 Å². The smallest absolute Gasteiger partial charge is 0.185 e. The Morgan fingerprint density at radius 3 is 2.25 bits per heavy atom. The molecule has 0 bridgehead atoms. The Bertz CT molecular complexity index is 704. The molecule has 0 saturated carbocycles. The second-order valence-corrected chi connectivity index (χ2v) is 4.01. The van der Waals surface area contributed by atoms with Crippen LogP contribution < -0.4 is 5.32 Å². The van der Waals surface area contributed by atoms with Crippen molar-refractivity contribution in [2.75, 3.05) is 5.32 Å². The molecular formula is C12H8F4N4. The Morgan fingerprint density at radius 2 is 1.75 bits per heavy atom. The number of aryl methyl sites for hydroxylation is 2. The molecule has 1 N–H and O–H groups in total. The van der Waals surface area contributed by atoms with Gasteiger partial charge in [-0.25, -0.2) is 17.6 Å². The van der Waals surface area contributed by atoms with Gasteiger partial charge in [-0.2, -0.15) is 10.4 Å². The van der Waals surface area contributed by atoms with Gasteiger partial charge in [0.15, 0.2) is 23.3 Å². The molecule has 0 radical (unpaired) electrons. The third-order valence-corrected chi connectivity index (χ3v) is 2.69. The van der Waals surface area contributed by atoms with Crippen molar-refractivity contribution < 1.29 is 17.6 Å². The molecule has 20 heavy (non-hydrogen) atoms. The molecule has 0 amide bonds. The van der Waals surface area contributed by atoms with Crippen molar-refractivity contribution in [3.05, 3.63) is 40.6 Å². The summed E-state index contributed by atoms with van der Waals surface area (Å²) in [4.78, 5) is 0. The Kier molecular flexibility index (Phi) is 3.36. The molecule has 0 aliphatic rings. The summed E-state index contributed by atoms with van der Waals surface area (Å²) in [7, 11) is 1.42. The van der Waals surface area contributed by atoms with Crippen LogP contribution in [0.5, 0.6) is 0 Å². The largest absolute Gasteiger partial charge is 0.334 e. The van der Waals surface area contributed by atoms with Crippen LogP contribution in [0.25, 0.3) is 0 Å². The topological polar surface area (TPSA) is 53.6 Å². The Hall–Kier alpha value is -2.56. The van der Waals surface area contributed by atoms with E-state index in [9.17, 15) is 17.6 Å². The molecule has 0 atom stereocenters. The van der Waals surface area contributed by atoms with Crippen molar-refractivity contribution in [1.29, 1.82) is 5.26 Å². The normalized spacial score (nSPS) is 10.4.